The molecule has 0 bridgehead atoms. The Hall–Kier alpha value is -2.13. The van der Waals surface area contributed by atoms with Gasteiger partial charge in [0.25, 0.3) is 0 Å². The molecule has 1 aliphatic rings. The third kappa shape index (κ3) is 3.47. The van der Waals surface area contributed by atoms with Crippen LogP contribution in [-0.4, -0.2) is 43.5 Å². The Morgan fingerprint density at radius 2 is 2.08 bits per heavy atom. The predicted octanol–water partition coefficient (Wildman–Crippen LogP) is 2.21. The second-order valence-electron chi connectivity index (χ2n) is 5.84. The molecule has 0 unspecified atom stereocenters. The van der Waals surface area contributed by atoms with Crippen LogP contribution in [0.4, 0.5) is 0 Å². The summed E-state index contributed by atoms with van der Waals surface area (Å²) >= 11 is 0. The lowest BCUT2D eigenvalue weighted by atomic mass is 9.98. The van der Waals surface area contributed by atoms with Crippen LogP contribution in [0.2, 0.25) is 0 Å². The van der Waals surface area contributed by atoms with Crippen LogP contribution in [-0.2, 0) is 19.6 Å². The lowest BCUT2D eigenvalue weighted by Gasteiger charge is -2.29. The molecule has 2 aromatic rings. The second-order valence-corrected chi connectivity index (χ2v) is 7.74. The van der Waals surface area contributed by atoms with E-state index >= 15 is 0 Å². The molecule has 0 N–H and O–H groups in total. The largest absolute Gasteiger partial charge is 0.466 e. The molecule has 1 saturated heterocycles. The Balaban J connectivity index is 1.76. The minimum Gasteiger partial charge on any atom is -0.466 e. The highest BCUT2D eigenvalue weighted by Gasteiger charge is 2.35. The van der Waals surface area contributed by atoms with Crippen LogP contribution >= 0.6 is 0 Å². The highest BCUT2D eigenvalue weighted by molar-refractivity contribution is 7.89. The summed E-state index contributed by atoms with van der Waals surface area (Å²) in [4.78, 5) is 11.9. The fourth-order valence-electron chi connectivity index (χ4n) is 2.92. The Labute approximate surface area is 145 Å². The number of sulfonamides is 1. The van der Waals surface area contributed by atoms with Gasteiger partial charge in [-0.2, -0.15) is 4.31 Å². The van der Waals surface area contributed by atoms with Gasteiger partial charge < -0.3 is 13.7 Å². The molecule has 0 atom stereocenters. The maximum absolute atomic E-state index is 12.9. The van der Waals surface area contributed by atoms with Crippen LogP contribution in [0.25, 0.3) is 11.5 Å². The van der Waals surface area contributed by atoms with Gasteiger partial charge in [0.15, 0.2) is 5.76 Å². The molecule has 0 radical (unpaired) electrons. The van der Waals surface area contributed by atoms with E-state index in [1.54, 1.807) is 19.9 Å². The molecule has 0 amide bonds. The van der Waals surface area contributed by atoms with Gasteiger partial charge in [-0.05, 0) is 26.7 Å². The number of hydrogen-bond acceptors (Lipinski definition) is 7. The average Bonchev–Trinajstić information content (AvgIpc) is 3.24. The third-order valence-electron chi connectivity index (χ3n) is 4.24. The molecule has 1 aliphatic heterocycles. The maximum Gasteiger partial charge on any atom is 0.309 e. The summed E-state index contributed by atoms with van der Waals surface area (Å²) in [6.07, 6.45) is 2.36. The molecule has 0 aromatic carbocycles. The number of esters is 1. The van der Waals surface area contributed by atoms with Crippen LogP contribution in [0.1, 0.15) is 25.5 Å². The number of hydrogen-bond donors (Lipinski definition) is 0. The number of aryl methyl sites for hydroxylation is 1. The monoisotopic (exact) mass is 368 g/mol. The normalized spacial score (nSPS) is 16.9. The van der Waals surface area contributed by atoms with Crippen molar-refractivity contribution in [3.8, 4) is 11.5 Å². The zero-order valence-electron chi connectivity index (χ0n) is 14.1. The Kier molecular flexibility index (Phi) is 4.96. The number of ether oxygens (including phenoxy) is 1. The summed E-state index contributed by atoms with van der Waals surface area (Å²) in [7, 11) is -3.70. The molecule has 136 valence electrons. The van der Waals surface area contributed by atoms with Crippen molar-refractivity contribution in [1.82, 2.24) is 9.46 Å². The molecule has 3 rings (SSSR count). The maximum atomic E-state index is 12.9. The van der Waals surface area contributed by atoms with Crippen LogP contribution < -0.4 is 0 Å². The van der Waals surface area contributed by atoms with Crippen molar-refractivity contribution in [3.05, 3.63) is 24.1 Å². The van der Waals surface area contributed by atoms with E-state index in [1.807, 2.05) is 0 Å². The first-order valence-corrected chi connectivity index (χ1v) is 9.55. The zero-order valence-corrected chi connectivity index (χ0v) is 14.9. The van der Waals surface area contributed by atoms with Crippen molar-refractivity contribution in [3.63, 3.8) is 0 Å². The standard InChI is InChI=1S/C16H20N2O6S/c1-3-22-16(19)12-5-8-18(9-6-12)25(20,21)15-10-14(23-11(15)2)13-4-7-17-24-13/h4,7,10,12H,3,5-6,8-9H2,1-2H3. The Morgan fingerprint density at radius 3 is 2.68 bits per heavy atom. The first-order chi connectivity index (χ1) is 11.9. The smallest absolute Gasteiger partial charge is 0.309 e. The van der Waals surface area contributed by atoms with Crippen molar-refractivity contribution in [2.24, 2.45) is 5.92 Å². The van der Waals surface area contributed by atoms with Crippen molar-refractivity contribution in [2.45, 2.75) is 31.6 Å². The number of piperidine rings is 1. The third-order valence-corrected chi connectivity index (χ3v) is 6.25. The number of aromatic nitrogens is 1. The summed E-state index contributed by atoms with van der Waals surface area (Å²) in [5, 5.41) is 3.59. The van der Waals surface area contributed by atoms with E-state index in [4.69, 9.17) is 13.7 Å². The number of furan rings is 1. The first-order valence-electron chi connectivity index (χ1n) is 8.11. The molecule has 3 heterocycles. The van der Waals surface area contributed by atoms with Gasteiger partial charge in [-0.25, -0.2) is 8.42 Å². The molecule has 2 aromatic heterocycles. The Bertz CT molecular complexity index is 832. The summed E-state index contributed by atoms with van der Waals surface area (Å²) in [5.41, 5.74) is 0. The highest BCUT2D eigenvalue weighted by Crippen LogP contribution is 2.31. The number of carbonyl (C=O) groups excluding carboxylic acids is 1. The van der Waals surface area contributed by atoms with Gasteiger partial charge in [-0.15, -0.1) is 0 Å². The summed E-state index contributed by atoms with van der Waals surface area (Å²) in [6.45, 7) is 4.22. The molecular weight excluding hydrogens is 348 g/mol. The van der Waals surface area contributed by atoms with Crippen LogP contribution in [0.3, 0.4) is 0 Å². The Morgan fingerprint density at radius 1 is 1.36 bits per heavy atom. The molecule has 0 saturated carbocycles. The van der Waals surface area contributed by atoms with E-state index in [0.29, 0.717) is 36.7 Å². The fourth-order valence-corrected chi connectivity index (χ4v) is 4.55. The molecule has 1 fully saturated rings. The number of nitrogens with zero attached hydrogens (tertiary/aromatic N) is 2. The SMILES string of the molecule is CCOC(=O)C1CCN(S(=O)(=O)c2cc(-c3ccno3)oc2C)CC1. The van der Waals surface area contributed by atoms with Crippen LogP contribution in [0.5, 0.6) is 0 Å². The van der Waals surface area contributed by atoms with E-state index in [-0.39, 0.29) is 29.9 Å². The van der Waals surface area contributed by atoms with E-state index in [9.17, 15) is 13.2 Å². The van der Waals surface area contributed by atoms with Crippen LogP contribution in [0.15, 0.2) is 32.2 Å². The molecular formula is C16H20N2O6S. The average molecular weight is 368 g/mol. The fraction of sp³-hybridized carbons (Fsp3) is 0.500. The van der Waals surface area contributed by atoms with E-state index in [1.165, 1.54) is 16.6 Å². The number of carbonyl (C=O) groups is 1. The van der Waals surface area contributed by atoms with Crippen molar-refractivity contribution < 1.29 is 26.9 Å². The molecule has 0 aliphatic carbocycles. The minimum absolute atomic E-state index is 0.105. The van der Waals surface area contributed by atoms with Gasteiger partial charge in [0.2, 0.25) is 15.8 Å². The summed E-state index contributed by atoms with van der Waals surface area (Å²) in [5.74, 6) is 0.465. The molecule has 9 heteroatoms. The predicted molar refractivity (Wildman–Crippen MR) is 87.1 cm³/mol. The lowest BCUT2D eigenvalue weighted by Crippen LogP contribution is -2.40. The zero-order chi connectivity index (χ0) is 18.0. The van der Waals surface area contributed by atoms with Crippen molar-refractivity contribution in [1.29, 1.82) is 0 Å². The van der Waals surface area contributed by atoms with Gasteiger partial charge in [0.05, 0.1) is 18.7 Å². The topological polar surface area (TPSA) is 103 Å². The van der Waals surface area contributed by atoms with Gasteiger partial charge >= 0.3 is 5.97 Å². The second kappa shape index (κ2) is 7.01. The number of rotatable bonds is 5. The lowest BCUT2D eigenvalue weighted by molar-refractivity contribution is -0.149. The van der Waals surface area contributed by atoms with Gasteiger partial charge in [0.1, 0.15) is 10.7 Å². The van der Waals surface area contributed by atoms with Crippen molar-refractivity contribution in [2.75, 3.05) is 19.7 Å². The molecule has 0 spiro atoms. The van der Waals surface area contributed by atoms with E-state index < -0.39 is 10.0 Å². The minimum atomic E-state index is -3.70. The van der Waals surface area contributed by atoms with E-state index in [0.717, 1.165) is 0 Å². The van der Waals surface area contributed by atoms with Crippen LogP contribution in [0, 0.1) is 12.8 Å². The van der Waals surface area contributed by atoms with E-state index in [2.05, 4.69) is 5.16 Å². The quantitative estimate of drug-likeness (QED) is 0.745. The van der Waals surface area contributed by atoms with Gasteiger partial charge in [0, 0.05) is 25.2 Å². The molecule has 8 nitrogen and oxygen atoms in total. The van der Waals surface area contributed by atoms with Gasteiger partial charge in [-0.3, -0.25) is 4.79 Å². The summed E-state index contributed by atoms with van der Waals surface area (Å²) in [6, 6.07) is 3.04. The highest BCUT2D eigenvalue weighted by atomic mass is 32.2. The van der Waals surface area contributed by atoms with Crippen molar-refractivity contribution >= 4 is 16.0 Å². The summed E-state index contributed by atoms with van der Waals surface area (Å²) < 4.78 is 42.7. The molecule has 25 heavy (non-hydrogen) atoms. The van der Waals surface area contributed by atoms with Gasteiger partial charge in [-0.1, -0.05) is 5.16 Å². The first kappa shape index (κ1) is 17.7.